The van der Waals surface area contributed by atoms with Crippen molar-refractivity contribution in [2.45, 2.75) is 38.2 Å². The van der Waals surface area contributed by atoms with Crippen molar-refractivity contribution in [2.24, 2.45) is 35.5 Å². The van der Waals surface area contributed by atoms with Crippen LogP contribution in [0.2, 0.25) is 0 Å². The van der Waals surface area contributed by atoms with Crippen LogP contribution in [0, 0.1) is 35.5 Å². The van der Waals surface area contributed by atoms with Crippen LogP contribution in [0.25, 0.3) is 0 Å². The minimum atomic E-state index is -0.349. The summed E-state index contributed by atoms with van der Waals surface area (Å²) in [6.07, 6.45) is 8.85. The van der Waals surface area contributed by atoms with E-state index in [0.717, 1.165) is 35.5 Å². The molecule has 3 heteroatoms. The van der Waals surface area contributed by atoms with Gasteiger partial charge in [0.2, 0.25) is 0 Å². The topological polar surface area (TPSA) is 35.5 Å². The third-order valence-corrected chi connectivity index (χ3v) is 6.52. The Hall–Kier alpha value is -0.830. The van der Waals surface area contributed by atoms with Gasteiger partial charge in [-0.05, 0) is 67.6 Å². The van der Waals surface area contributed by atoms with Gasteiger partial charge in [-0.15, -0.1) is 0 Å². The van der Waals surface area contributed by atoms with Gasteiger partial charge in [-0.25, -0.2) is 4.79 Å². The summed E-state index contributed by atoms with van der Waals surface area (Å²) < 4.78 is 11.1. The summed E-state index contributed by atoms with van der Waals surface area (Å²) in [5, 5.41) is 0. The zero-order chi connectivity index (χ0) is 13.7. The molecule has 3 nitrogen and oxygen atoms in total. The lowest BCUT2D eigenvalue weighted by Gasteiger charge is -2.33. The van der Waals surface area contributed by atoms with Gasteiger partial charge >= 0.3 is 5.97 Å². The summed E-state index contributed by atoms with van der Waals surface area (Å²) in [5.74, 6) is 5.19. The molecule has 0 spiro atoms. The predicted octanol–water partition coefficient (Wildman–Crippen LogP) is 2.80. The molecule has 0 N–H and O–H groups in total. The number of carbonyl (C=O) groups excluding carboxylic acids is 1. The van der Waals surface area contributed by atoms with Crippen LogP contribution in [0.1, 0.15) is 32.1 Å². The summed E-state index contributed by atoms with van der Waals surface area (Å²) in [6.45, 7) is 4.31. The average Bonchev–Trinajstić information content (AvgIpc) is 3.21. The van der Waals surface area contributed by atoms with Crippen LogP contribution in [0.3, 0.4) is 0 Å². The van der Waals surface area contributed by atoms with Gasteiger partial charge < -0.3 is 9.47 Å². The molecule has 0 aliphatic heterocycles. The molecule has 0 heterocycles. The van der Waals surface area contributed by atoms with E-state index in [1.807, 2.05) is 0 Å². The highest BCUT2D eigenvalue weighted by Gasteiger charge is 2.63. The van der Waals surface area contributed by atoms with Crippen molar-refractivity contribution in [1.29, 1.82) is 0 Å². The van der Waals surface area contributed by atoms with Gasteiger partial charge in [0.05, 0.1) is 12.7 Å². The molecule has 4 saturated carbocycles. The smallest absolute Gasteiger partial charge is 0.330 e. The van der Waals surface area contributed by atoms with Crippen LogP contribution in [0.5, 0.6) is 0 Å². The first-order chi connectivity index (χ1) is 9.79. The van der Waals surface area contributed by atoms with Crippen molar-refractivity contribution in [2.75, 3.05) is 13.2 Å². The van der Waals surface area contributed by atoms with E-state index in [1.54, 1.807) is 0 Å². The summed E-state index contributed by atoms with van der Waals surface area (Å²) >= 11 is 0. The van der Waals surface area contributed by atoms with Crippen LogP contribution in [-0.4, -0.2) is 25.3 Å². The molecule has 6 unspecified atom stereocenters. The molecule has 4 rings (SSSR count). The zero-order valence-corrected chi connectivity index (χ0v) is 12.0. The highest BCUT2D eigenvalue weighted by Crippen LogP contribution is 2.67. The van der Waals surface area contributed by atoms with Crippen molar-refractivity contribution >= 4 is 5.97 Å². The Balaban J connectivity index is 1.34. The van der Waals surface area contributed by atoms with E-state index < -0.39 is 0 Å². The summed E-state index contributed by atoms with van der Waals surface area (Å²) in [6, 6.07) is 0. The number of hydrogen-bond donors (Lipinski definition) is 0. The van der Waals surface area contributed by atoms with Crippen LogP contribution >= 0.6 is 0 Å². The molecule has 4 bridgehead atoms. The van der Waals surface area contributed by atoms with Crippen LogP contribution in [-0.2, 0) is 14.3 Å². The van der Waals surface area contributed by atoms with Crippen molar-refractivity contribution < 1.29 is 14.3 Å². The van der Waals surface area contributed by atoms with E-state index in [-0.39, 0.29) is 5.97 Å². The Labute approximate surface area is 120 Å². The number of rotatable bonds is 5. The van der Waals surface area contributed by atoms with E-state index in [1.165, 1.54) is 38.2 Å². The van der Waals surface area contributed by atoms with Gasteiger partial charge in [0.15, 0.2) is 0 Å². The maximum Gasteiger partial charge on any atom is 0.330 e. The molecule has 0 radical (unpaired) electrons. The lowest BCUT2D eigenvalue weighted by Crippen LogP contribution is -2.27. The Morgan fingerprint density at radius 3 is 2.30 bits per heavy atom. The molecule has 0 amide bonds. The molecule has 0 aromatic heterocycles. The number of fused-ring (bicyclic) bond motifs is 9. The first kappa shape index (κ1) is 12.9. The second kappa shape index (κ2) is 4.87. The SMILES string of the molecule is C=CC(=O)OCCOC1C2CCC1C1C3CCC(C3)C21. The molecular formula is C17H24O3. The molecule has 110 valence electrons. The molecule has 4 aliphatic carbocycles. The third kappa shape index (κ3) is 1.78. The van der Waals surface area contributed by atoms with Gasteiger partial charge in [0.1, 0.15) is 6.61 Å². The first-order valence-electron chi connectivity index (χ1n) is 8.20. The van der Waals surface area contributed by atoms with Crippen molar-refractivity contribution in [3.05, 3.63) is 12.7 Å². The van der Waals surface area contributed by atoms with Crippen LogP contribution in [0.15, 0.2) is 12.7 Å². The maximum absolute atomic E-state index is 11.0. The van der Waals surface area contributed by atoms with Gasteiger partial charge in [0, 0.05) is 6.08 Å². The number of carbonyl (C=O) groups is 1. The summed E-state index contributed by atoms with van der Waals surface area (Å²) in [7, 11) is 0. The lowest BCUT2D eigenvalue weighted by molar-refractivity contribution is -0.140. The summed E-state index contributed by atoms with van der Waals surface area (Å²) in [4.78, 5) is 11.0. The second-order valence-corrected chi connectivity index (χ2v) is 7.10. The van der Waals surface area contributed by atoms with Gasteiger partial charge in [-0.2, -0.15) is 0 Å². The fraction of sp³-hybridized carbons (Fsp3) is 0.824. The highest BCUT2D eigenvalue weighted by atomic mass is 16.6. The molecule has 4 aliphatic rings. The third-order valence-electron chi connectivity index (χ3n) is 6.52. The Morgan fingerprint density at radius 1 is 1.05 bits per heavy atom. The number of esters is 1. The zero-order valence-electron chi connectivity index (χ0n) is 12.0. The van der Waals surface area contributed by atoms with Crippen molar-refractivity contribution in [3.63, 3.8) is 0 Å². The monoisotopic (exact) mass is 276 g/mol. The first-order valence-corrected chi connectivity index (χ1v) is 8.20. The van der Waals surface area contributed by atoms with Gasteiger partial charge in [-0.3, -0.25) is 0 Å². The highest BCUT2D eigenvalue weighted by molar-refractivity contribution is 5.81. The Bertz CT molecular complexity index is 394. The normalized spacial score (nSPS) is 47.5. The van der Waals surface area contributed by atoms with E-state index in [9.17, 15) is 4.79 Å². The molecule has 0 aromatic carbocycles. The minimum Gasteiger partial charge on any atom is -0.460 e. The number of ether oxygens (including phenoxy) is 2. The molecule has 6 atom stereocenters. The van der Waals surface area contributed by atoms with Crippen molar-refractivity contribution in [3.8, 4) is 0 Å². The van der Waals surface area contributed by atoms with Crippen molar-refractivity contribution in [1.82, 2.24) is 0 Å². The Morgan fingerprint density at radius 2 is 1.70 bits per heavy atom. The average molecular weight is 276 g/mol. The van der Waals surface area contributed by atoms with Crippen LogP contribution in [0.4, 0.5) is 0 Å². The van der Waals surface area contributed by atoms with E-state index >= 15 is 0 Å². The maximum atomic E-state index is 11.0. The molecule has 0 aromatic rings. The molecule has 0 saturated heterocycles. The standard InChI is InChI=1S/C17H24O3/c1-2-14(18)19-7-8-20-17-12-5-6-13(17)16-11-4-3-10(9-11)15(12)16/h2,10-13,15-17H,1,3-9H2. The second-order valence-electron chi connectivity index (χ2n) is 7.10. The molecule has 4 fully saturated rings. The van der Waals surface area contributed by atoms with Gasteiger partial charge in [0.25, 0.3) is 0 Å². The minimum absolute atomic E-state index is 0.349. The predicted molar refractivity (Wildman–Crippen MR) is 74.9 cm³/mol. The molecular weight excluding hydrogens is 252 g/mol. The van der Waals surface area contributed by atoms with E-state index in [2.05, 4.69) is 6.58 Å². The fourth-order valence-corrected chi connectivity index (χ4v) is 6.14. The lowest BCUT2D eigenvalue weighted by atomic mass is 9.71. The van der Waals surface area contributed by atoms with E-state index in [0.29, 0.717) is 19.3 Å². The number of hydrogen-bond acceptors (Lipinski definition) is 3. The molecule has 20 heavy (non-hydrogen) atoms. The van der Waals surface area contributed by atoms with Gasteiger partial charge in [-0.1, -0.05) is 6.58 Å². The fourth-order valence-electron chi connectivity index (χ4n) is 6.14. The van der Waals surface area contributed by atoms with E-state index in [4.69, 9.17) is 9.47 Å². The largest absolute Gasteiger partial charge is 0.460 e. The quantitative estimate of drug-likeness (QED) is 0.335. The Kier molecular flexibility index (Phi) is 3.13. The summed E-state index contributed by atoms with van der Waals surface area (Å²) in [5.41, 5.74) is 0. The van der Waals surface area contributed by atoms with Crippen LogP contribution < -0.4 is 0 Å².